The fourth-order valence-electron chi connectivity index (χ4n) is 4.35. The molecule has 1 aromatic heterocycles. The first-order valence-corrected chi connectivity index (χ1v) is 13.4. The number of nitrogens with zero attached hydrogens (tertiary/aromatic N) is 2. The molecule has 1 amide bonds. The summed E-state index contributed by atoms with van der Waals surface area (Å²) in [6, 6.07) is 14.8. The number of hydrogen-bond acceptors (Lipinski definition) is 6. The van der Waals surface area contributed by atoms with Crippen LogP contribution in [0.1, 0.15) is 24.0 Å². The predicted octanol–water partition coefficient (Wildman–Crippen LogP) is 7.59. The van der Waals surface area contributed by atoms with Crippen molar-refractivity contribution >= 4 is 23.4 Å². The van der Waals surface area contributed by atoms with Crippen molar-refractivity contribution < 1.29 is 45.1 Å². The van der Waals surface area contributed by atoms with Gasteiger partial charge in [0.1, 0.15) is 5.75 Å². The van der Waals surface area contributed by atoms with Crippen molar-refractivity contribution in [3.8, 4) is 34.7 Å². The van der Waals surface area contributed by atoms with Gasteiger partial charge in [-0.2, -0.15) is 26.3 Å². The molecule has 0 bridgehead atoms. The zero-order chi connectivity index (χ0) is 32.6. The maximum atomic E-state index is 13.6. The van der Waals surface area contributed by atoms with Gasteiger partial charge in [0.05, 0.1) is 29.6 Å². The highest BCUT2D eigenvalue weighted by Crippen LogP contribution is 2.48. The van der Waals surface area contributed by atoms with E-state index in [1.807, 2.05) is 0 Å². The Balaban J connectivity index is 0.000000179. The minimum Gasteiger partial charge on any atom is -0.496 e. The van der Waals surface area contributed by atoms with Gasteiger partial charge in [0.15, 0.2) is 5.82 Å². The van der Waals surface area contributed by atoms with E-state index in [9.17, 15) is 35.9 Å². The lowest BCUT2D eigenvalue weighted by Gasteiger charge is -2.35. The smallest absolute Gasteiger partial charge is 0.446 e. The maximum Gasteiger partial charge on any atom is 0.446 e. The molecule has 45 heavy (non-hydrogen) atoms. The fourth-order valence-corrected chi connectivity index (χ4v) is 4.52. The van der Waals surface area contributed by atoms with Crippen LogP contribution in [0.25, 0.3) is 17.1 Å². The van der Waals surface area contributed by atoms with E-state index in [1.54, 1.807) is 24.3 Å². The van der Waals surface area contributed by atoms with E-state index >= 15 is 0 Å². The number of benzene rings is 3. The number of halogens is 7. The van der Waals surface area contributed by atoms with Crippen LogP contribution >= 0.6 is 11.6 Å². The summed E-state index contributed by atoms with van der Waals surface area (Å²) in [5.74, 6) is 4.17. The van der Waals surface area contributed by atoms with Crippen LogP contribution in [0.5, 0.6) is 5.75 Å². The minimum atomic E-state index is -4.87. The molecule has 1 aliphatic heterocycles. The lowest BCUT2D eigenvalue weighted by atomic mass is 9.90. The summed E-state index contributed by atoms with van der Waals surface area (Å²) in [4.78, 5) is 23.5. The average molecular weight is 652 g/mol. The number of ether oxygens (including phenoxy) is 2. The summed E-state index contributed by atoms with van der Waals surface area (Å²) in [7, 11) is 1.44. The topological polar surface area (TPSA) is 95.6 Å². The number of hydrogen-bond donors (Lipinski definition) is 1. The molecule has 3 aromatic carbocycles. The van der Waals surface area contributed by atoms with Gasteiger partial charge in [-0.05, 0) is 67.3 Å². The van der Waals surface area contributed by atoms with Crippen molar-refractivity contribution in [2.75, 3.05) is 12.4 Å². The van der Waals surface area contributed by atoms with Crippen molar-refractivity contribution in [1.29, 1.82) is 0 Å². The van der Waals surface area contributed by atoms with Crippen LogP contribution in [-0.2, 0) is 16.5 Å². The largest absolute Gasteiger partial charge is 0.496 e. The Morgan fingerprint density at radius 3 is 2.42 bits per heavy atom. The zero-order valence-corrected chi connectivity index (χ0v) is 23.7. The van der Waals surface area contributed by atoms with Gasteiger partial charge in [-0.15, -0.1) is 0 Å². The third-order valence-electron chi connectivity index (χ3n) is 6.66. The summed E-state index contributed by atoms with van der Waals surface area (Å²) >= 11 is 5.78. The summed E-state index contributed by atoms with van der Waals surface area (Å²) in [6.07, 6.45) is -9.06. The number of fused-ring (bicyclic) bond motifs is 1. The molecule has 1 atom stereocenters. The molecule has 1 N–H and O–H groups in total. The quantitative estimate of drug-likeness (QED) is 0.181. The van der Waals surface area contributed by atoms with Crippen molar-refractivity contribution in [3.63, 3.8) is 0 Å². The zero-order valence-electron chi connectivity index (χ0n) is 22.9. The van der Waals surface area contributed by atoms with Crippen LogP contribution in [0.2, 0.25) is 5.02 Å². The normalized spacial score (nSPS) is 17.5. The first-order valence-electron chi connectivity index (χ1n) is 13.0. The number of para-hydroxylation sites is 1. The first-order chi connectivity index (χ1) is 21.2. The third-order valence-corrected chi connectivity index (χ3v) is 6.89. The fraction of sp³-hybridized carbons (Fsp3) is 0.233. The number of carbonyl (C=O) groups is 1. The molecule has 1 fully saturated rings. The van der Waals surface area contributed by atoms with E-state index in [0.717, 1.165) is 35.6 Å². The van der Waals surface area contributed by atoms with Gasteiger partial charge in [-0.25, -0.2) is 14.2 Å². The van der Waals surface area contributed by atoms with Crippen LogP contribution in [-0.4, -0.2) is 29.1 Å². The van der Waals surface area contributed by atoms with E-state index < -0.39 is 35.4 Å². The molecule has 234 valence electrons. The lowest BCUT2D eigenvalue weighted by molar-refractivity contribution is -0.239. The average Bonchev–Trinajstić information content (AvgIpc) is 3.74. The molecule has 2 aliphatic rings. The summed E-state index contributed by atoms with van der Waals surface area (Å²) in [5, 5.41) is 6.01. The standard InChI is InChI=1S/C16H11F3N2O3.C14H9ClF3NO2/c1-23-13-8-3-2-7-12(13)14-20-24-15(22)21(14)11-6-4-5-10(9-11)16(17,18)19;15-9-3-4-11-10(7-9)13(14(16,17)18,21-12(20)19-11)6-5-8-1-2-8/h2-9H,1H3;3-4,7-8H,1-2H2,(H,19,20)/t;13-/m.0/s1. The van der Waals surface area contributed by atoms with E-state index in [0.29, 0.717) is 11.3 Å². The van der Waals surface area contributed by atoms with Crippen LogP contribution in [0, 0.1) is 17.8 Å². The monoisotopic (exact) mass is 651 g/mol. The molecule has 8 nitrogen and oxygen atoms in total. The van der Waals surface area contributed by atoms with Crippen molar-refractivity contribution in [3.05, 3.63) is 93.4 Å². The predicted molar refractivity (Wildman–Crippen MR) is 149 cm³/mol. The number of methoxy groups -OCH3 is 1. The van der Waals surface area contributed by atoms with Crippen molar-refractivity contribution in [2.24, 2.45) is 5.92 Å². The number of rotatable bonds is 3. The van der Waals surface area contributed by atoms with Crippen molar-refractivity contribution in [2.45, 2.75) is 30.8 Å². The van der Waals surface area contributed by atoms with Gasteiger partial charge < -0.3 is 9.47 Å². The van der Waals surface area contributed by atoms with Crippen LogP contribution in [0.15, 0.2) is 76.0 Å². The van der Waals surface area contributed by atoms with Crippen LogP contribution in [0.3, 0.4) is 0 Å². The Kier molecular flexibility index (Phi) is 8.33. The Bertz CT molecular complexity index is 1870. The molecule has 0 saturated heterocycles. The molecule has 1 saturated carbocycles. The Morgan fingerprint density at radius 1 is 1.02 bits per heavy atom. The number of amides is 1. The van der Waals surface area contributed by atoms with Gasteiger partial charge >= 0.3 is 24.2 Å². The van der Waals surface area contributed by atoms with E-state index in [2.05, 4.69) is 31.6 Å². The molecule has 0 spiro atoms. The first kappa shape index (κ1) is 31.5. The number of carbonyl (C=O) groups excluding carboxylic acids is 1. The maximum absolute atomic E-state index is 13.6. The highest BCUT2D eigenvalue weighted by atomic mass is 35.5. The van der Waals surface area contributed by atoms with Gasteiger partial charge in [-0.3, -0.25) is 9.84 Å². The Morgan fingerprint density at radius 2 is 1.76 bits per heavy atom. The minimum absolute atomic E-state index is 0.00179. The van der Waals surface area contributed by atoms with Crippen LogP contribution < -0.4 is 15.8 Å². The molecular weight excluding hydrogens is 632 g/mol. The van der Waals surface area contributed by atoms with E-state index in [-0.39, 0.29) is 33.7 Å². The Labute approximate surface area is 255 Å². The summed E-state index contributed by atoms with van der Waals surface area (Å²) in [5.41, 5.74) is -3.73. The number of alkyl halides is 6. The molecule has 2 heterocycles. The van der Waals surface area contributed by atoms with Crippen LogP contribution in [0.4, 0.5) is 36.8 Å². The number of anilines is 1. The second-order valence-corrected chi connectivity index (χ2v) is 10.2. The molecule has 0 unspecified atom stereocenters. The molecule has 0 radical (unpaired) electrons. The molecular formula is C30H20ClF6N3O5. The lowest BCUT2D eigenvalue weighted by Crippen LogP contribution is -2.49. The molecule has 4 aromatic rings. The van der Waals surface area contributed by atoms with Gasteiger partial charge in [-0.1, -0.05) is 40.9 Å². The highest BCUT2D eigenvalue weighted by molar-refractivity contribution is 6.30. The summed E-state index contributed by atoms with van der Waals surface area (Å²) < 4.78 is 94.9. The van der Waals surface area contributed by atoms with Crippen molar-refractivity contribution in [1.82, 2.24) is 9.72 Å². The second-order valence-electron chi connectivity index (χ2n) is 9.78. The number of aromatic nitrogens is 2. The molecule has 15 heteroatoms. The van der Waals surface area contributed by atoms with E-state index in [4.69, 9.17) is 16.3 Å². The highest BCUT2D eigenvalue weighted by Gasteiger charge is 2.62. The van der Waals surface area contributed by atoms with Gasteiger partial charge in [0.2, 0.25) is 0 Å². The summed E-state index contributed by atoms with van der Waals surface area (Å²) in [6.45, 7) is 0. The third kappa shape index (κ3) is 6.48. The Hall–Kier alpha value is -4.90. The van der Waals surface area contributed by atoms with E-state index in [1.165, 1.54) is 31.4 Å². The van der Waals surface area contributed by atoms with Gasteiger partial charge in [0.25, 0.3) is 5.60 Å². The molecule has 6 rings (SSSR count). The number of nitrogens with one attached hydrogen (secondary N) is 1. The SMILES string of the molecule is COc1ccccc1-c1noc(=O)n1-c1cccc(C(F)(F)F)c1.O=C1Nc2ccc(Cl)cc2[C@@](C#CC2CC2)(C(F)(F)F)O1. The number of cyclic esters (lactones) is 1. The second kappa shape index (κ2) is 11.9. The van der Waals surface area contributed by atoms with Gasteiger partial charge in [0, 0.05) is 16.5 Å². The molecule has 1 aliphatic carbocycles.